The highest BCUT2D eigenvalue weighted by Crippen LogP contribution is 2.10. The largest absolute Gasteiger partial charge is 0.376 e. The van der Waals surface area contributed by atoms with Crippen LogP contribution in [-0.2, 0) is 22.6 Å². The van der Waals surface area contributed by atoms with Gasteiger partial charge in [-0.1, -0.05) is 5.21 Å². The molecule has 0 aromatic carbocycles. The van der Waals surface area contributed by atoms with Crippen LogP contribution in [0.3, 0.4) is 0 Å². The first kappa shape index (κ1) is 12.0. The molecule has 3 N–H and O–H groups in total. The number of carbonyl (C=O) groups excluding carboxylic acids is 1. The van der Waals surface area contributed by atoms with Crippen molar-refractivity contribution in [2.24, 2.45) is 5.73 Å². The van der Waals surface area contributed by atoms with Crippen LogP contribution in [-0.4, -0.2) is 40.2 Å². The summed E-state index contributed by atoms with van der Waals surface area (Å²) >= 11 is 0. The van der Waals surface area contributed by atoms with E-state index in [1.807, 2.05) is 0 Å². The number of rotatable bonds is 5. The Hall–Kier alpha value is -1.47. The van der Waals surface area contributed by atoms with Gasteiger partial charge in [0.15, 0.2) is 0 Å². The van der Waals surface area contributed by atoms with Crippen molar-refractivity contribution in [1.29, 1.82) is 0 Å². The summed E-state index contributed by atoms with van der Waals surface area (Å²) in [7, 11) is 0. The first-order chi connectivity index (χ1) is 8.28. The summed E-state index contributed by atoms with van der Waals surface area (Å²) in [5.41, 5.74) is 6.08. The third-order valence-electron chi connectivity index (χ3n) is 2.65. The van der Waals surface area contributed by atoms with Gasteiger partial charge in [0.05, 0.1) is 18.0 Å². The van der Waals surface area contributed by atoms with Crippen LogP contribution in [0.1, 0.15) is 18.5 Å². The van der Waals surface area contributed by atoms with E-state index in [4.69, 9.17) is 10.5 Å². The van der Waals surface area contributed by atoms with Gasteiger partial charge in [-0.2, -0.15) is 0 Å². The molecule has 0 unspecified atom stereocenters. The van der Waals surface area contributed by atoms with Gasteiger partial charge >= 0.3 is 0 Å². The molecule has 2 heterocycles. The molecule has 0 bridgehead atoms. The Bertz CT molecular complexity index is 373. The van der Waals surface area contributed by atoms with Crippen LogP contribution < -0.4 is 11.1 Å². The van der Waals surface area contributed by atoms with E-state index in [0.717, 1.165) is 19.4 Å². The van der Waals surface area contributed by atoms with Gasteiger partial charge in [0.2, 0.25) is 5.91 Å². The van der Waals surface area contributed by atoms with Gasteiger partial charge in [-0.25, -0.2) is 4.68 Å². The Kier molecular flexibility index (Phi) is 4.05. The predicted octanol–water partition coefficient (Wildman–Crippen LogP) is -0.968. The van der Waals surface area contributed by atoms with E-state index in [-0.39, 0.29) is 18.6 Å². The zero-order valence-electron chi connectivity index (χ0n) is 9.63. The minimum Gasteiger partial charge on any atom is -0.376 e. The topological polar surface area (TPSA) is 95.1 Å². The van der Waals surface area contributed by atoms with Gasteiger partial charge < -0.3 is 15.8 Å². The molecule has 7 nitrogen and oxygen atoms in total. The summed E-state index contributed by atoms with van der Waals surface area (Å²) in [5.74, 6) is -0.0889. The summed E-state index contributed by atoms with van der Waals surface area (Å²) in [6.45, 7) is 1.86. The molecule has 2 rings (SSSR count). The maximum absolute atomic E-state index is 11.6. The zero-order chi connectivity index (χ0) is 12.1. The maximum Gasteiger partial charge on any atom is 0.241 e. The molecule has 0 saturated carbocycles. The smallest absolute Gasteiger partial charge is 0.241 e. The third kappa shape index (κ3) is 3.50. The summed E-state index contributed by atoms with van der Waals surface area (Å²) < 4.78 is 6.89. The molecule has 0 radical (unpaired) electrons. The molecular weight excluding hydrogens is 222 g/mol. The number of hydrogen-bond donors (Lipinski definition) is 2. The SMILES string of the molecule is NCc1cn(CC(=O)NC[C@@H]2CCCO2)nn1. The lowest BCUT2D eigenvalue weighted by Crippen LogP contribution is -2.34. The Labute approximate surface area is 99.3 Å². The highest BCUT2D eigenvalue weighted by Gasteiger charge is 2.16. The predicted molar refractivity (Wildman–Crippen MR) is 59.9 cm³/mol. The number of aromatic nitrogens is 3. The lowest BCUT2D eigenvalue weighted by atomic mass is 10.2. The number of nitrogens with one attached hydrogen (secondary N) is 1. The third-order valence-corrected chi connectivity index (χ3v) is 2.65. The second kappa shape index (κ2) is 5.74. The quantitative estimate of drug-likeness (QED) is 0.689. The zero-order valence-corrected chi connectivity index (χ0v) is 9.63. The normalized spacial score (nSPS) is 19.5. The van der Waals surface area contributed by atoms with Gasteiger partial charge in [-0.15, -0.1) is 5.10 Å². The molecule has 1 saturated heterocycles. The molecular formula is C10H17N5O2. The van der Waals surface area contributed by atoms with Crippen LogP contribution in [0.4, 0.5) is 0 Å². The lowest BCUT2D eigenvalue weighted by molar-refractivity contribution is -0.122. The molecule has 1 aliphatic rings. The summed E-state index contributed by atoms with van der Waals surface area (Å²) in [4.78, 5) is 11.6. The second-order valence-corrected chi connectivity index (χ2v) is 4.05. The highest BCUT2D eigenvalue weighted by molar-refractivity contribution is 5.75. The van der Waals surface area contributed by atoms with Crippen LogP contribution in [0.25, 0.3) is 0 Å². The van der Waals surface area contributed by atoms with E-state index in [2.05, 4.69) is 15.6 Å². The fourth-order valence-electron chi connectivity index (χ4n) is 1.75. The van der Waals surface area contributed by atoms with Crippen molar-refractivity contribution in [2.75, 3.05) is 13.2 Å². The van der Waals surface area contributed by atoms with Crippen LogP contribution in [0.5, 0.6) is 0 Å². The Morgan fingerprint density at radius 1 is 1.71 bits per heavy atom. The molecule has 7 heteroatoms. The molecule has 0 aliphatic carbocycles. The van der Waals surface area contributed by atoms with Gasteiger partial charge in [0.25, 0.3) is 0 Å². The van der Waals surface area contributed by atoms with Crippen LogP contribution in [0, 0.1) is 0 Å². The molecule has 1 amide bonds. The number of amides is 1. The molecule has 1 aliphatic heterocycles. The van der Waals surface area contributed by atoms with Crippen molar-refractivity contribution in [3.05, 3.63) is 11.9 Å². The number of ether oxygens (including phenoxy) is 1. The minimum atomic E-state index is -0.0889. The van der Waals surface area contributed by atoms with Gasteiger partial charge in [-0.05, 0) is 12.8 Å². The van der Waals surface area contributed by atoms with Crippen molar-refractivity contribution < 1.29 is 9.53 Å². The first-order valence-corrected chi connectivity index (χ1v) is 5.75. The first-order valence-electron chi connectivity index (χ1n) is 5.75. The van der Waals surface area contributed by atoms with Crippen molar-refractivity contribution in [1.82, 2.24) is 20.3 Å². The number of carbonyl (C=O) groups is 1. The van der Waals surface area contributed by atoms with E-state index >= 15 is 0 Å². The maximum atomic E-state index is 11.6. The molecule has 17 heavy (non-hydrogen) atoms. The van der Waals surface area contributed by atoms with Gasteiger partial charge in [0.1, 0.15) is 6.54 Å². The lowest BCUT2D eigenvalue weighted by Gasteiger charge is -2.10. The monoisotopic (exact) mass is 239 g/mol. The molecule has 1 aromatic rings. The van der Waals surface area contributed by atoms with E-state index in [9.17, 15) is 4.79 Å². The van der Waals surface area contributed by atoms with Crippen LogP contribution in [0.15, 0.2) is 6.20 Å². The summed E-state index contributed by atoms with van der Waals surface area (Å²) in [5, 5.41) is 10.4. The number of nitrogens with zero attached hydrogens (tertiary/aromatic N) is 3. The second-order valence-electron chi connectivity index (χ2n) is 4.05. The molecule has 94 valence electrons. The standard InChI is InChI=1S/C10H17N5O2/c11-4-8-6-15(14-13-8)7-10(16)12-5-9-2-1-3-17-9/h6,9H,1-5,7,11H2,(H,12,16)/t9-/m0/s1. The van der Waals surface area contributed by atoms with Crippen molar-refractivity contribution in [3.63, 3.8) is 0 Å². The van der Waals surface area contributed by atoms with E-state index in [1.165, 1.54) is 4.68 Å². The molecule has 1 fully saturated rings. The summed E-state index contributed by atoms with van der Waals surface area (Å²) in [6.07, 6.45) is 3.92. The minimum absolute atomic E-state index is 0.0889. The Morgan fingerprint density at radius 3 is 3.24 bits per heavy atom. The average Bonchev–Trinajstić information content (AvgIpc) is 2.97. The average molecular weight is 239 g/mol. The van der Waals surface area contributed by atoms with Crippen molar-refractivity contribution in [2.45, 2.75) is 32.0 Å². The fraction of sp³-hybridized carbons (Fsp3) is 0.700. The van der Waals surface area contributed by atoms with Crippen LogP contribution in [0.2, 0.25) is 0 Å². The fourth-order valence-corrected chi connectivity index (χ4v) is 1.75. The van der Waals surface area contributed by atoms with Crippen LogP contribution >= 0.6 is 0 Å². The molecule has 1 atom stereocenters. The van der Waals surface area contributed by atoms with E-state index in [1.54, 1.807) is 6.20 Å². The Morgan fingerprint density at radius 2 is 2.59 bits per heavy atom. The van der Waals surface area contributed by atoms with Gasteiger partial charge in [-0.3, -0.25) is 4.79 Å². The van der Waals surface area contributed by atoms with Crippen molar-refractivity contribution in [3.8, 4) is 0 Å². The van der Waals surface area contributed by atoms with Gasteiger partial charge in [0, 0.05) is 19.7 Å². The molecule has 0 spiro atoms. The summed E-state index contributed by atoms with van der Waals surface area (Å²) in [6, 6.07) is 0. The number of hydrogen-bond acceptors (Lipinski definition) is 5. The van der Waals surface area contributed by atoms with Crippen molar-refractivity contribution >= 4 is 5.91 Å². The highest BCUT2D eigenvalue weighted by atomic mass is 16.5. The Balaban J connectivity index is 1.72. The van der Waals surface area contributed by atoms with E-state index in [0.29, 0.717) is 18.8 Å². The number of nitrogens with two attached hydrogens (primary N) is 1. The molecule has 1 aromatic heterocycles. The van der Waals surface area contributed by atoms with E-state index < -0.39 is 0 Å².